The number of piperidine rings is 1. The highest BCUT2D eigenvalue weighted by molar-refractivity contribution is 8.00. The van der Waals surface area contributed by atoms with Crippen LogP contribution in [0.15, 0.2) is 18.2 Å². The van der Waals surface area contributed by atoms with E-state index in [1.165, 1.54) is 0 Å². The third-order valence-electron chi connectivity index (χ3n) is 5.50. The largest absolute Gasteiger partial charge is 0.342 e. The van der Waals surface area contributed by atoms with Crippen LogP contribution in [0.1, 0.15) is 36.6 Å². The minimum Gasteiger partial charge on any atom is -0.342 e. The molecule has 7 heteroatoms. The maximum Gasteiger partial charge on any atom is 0.233 e. The van der Waals surface area contributed by atoms with E-state index >= 15 is 0 Å². The number of benzene rings is 1. The van der Waals surface area contributed by atoms with E-state index in [-0.39, 0.29) is 11.3 Å². The number of thioether (sulfide) groups is 1. The maximum absolute atomic E-state index is 12.4. The van der Waals surface area contributed by atoms with Gasteiger partial charge in [-0.1, -0.05) is 29.3 Å². The van der Waals surface area contributed by atoms with Crippen molar-refractivity contribution in [1.29, 1.82) is 0 Å². The highest BCUT2D eigenvalue weighted by atomic mass is 35.5. The van der Waals surface area contributed by atoms with Crippen LogP contribution in [0, 0.1) is 11.8 Å². The summed E-state index contributed by atoms with van der Waals surface area (Å²) in [6.45, 7) is 2.40. The second kappa shape index (κ2) is 7.61. The second-order valence-electron chi connectivity index (χ2n) is 7.43. The number of nitrogens with zero attached hydrogens (tertiary/aromatic N) is 2. The molecule has 1 aliphatic carbocycles. The number of likely N-dealkylation sites (tertiary alicyclic amines) is 1. The summed E-state index contributed by atoms with van der Waals surface area (Å²) >= 11 is 13.8. The molecule has 2 heterocycles. The summed E-state index contributed by atoms with van der Waals surface area (Å²) in [6.07, 6.45) is 4.06. The lowest BCUT2D eigenvalue weighted by molar-refractivity contribution is -0.135. The van der Waals surface area contributed by atoms with Crippen LogP contribution in [0.5, 0.6) is 0 Å². The summed E-state index contributed by atoms with van der Waals surface area (Å²) < 4.78 is 0. The lowest BCUT2D eigenvalue weighted by atomic mass is 9.95. The highest BCUT2D eigenvalue weighted by Crippen LogP contribution is 2.41. The Morgan fingerprint density at radius 3 is 2.50 bits per heavy atom. The van der Waals surface area contributed by atoms with Gasteiger partial charge >= 0.3 is 0 Å². The van der Waals surface area contributed by atoms with Crippen LogP contribution in [-0.4, -0.2) is 47.0 Å². The zero-order valence-electron chi connectivity index (χ0n) is 14.5. The molecule has 1 atom stereocenters. The van der Waals surface area contributed by atoms with Gasteiger partial charge in [-0.3, -0.25) is 9.59 Å². The van der Waals surface area contributed by atoms with Crippen LogP contribution in [0.4, 0.5) is 0 Å². The zero-order valence-corrected chi connectivity index (χ0v) is 16.8. The van der Waals surface area contributed by atoms with Crippen LogP contribution in [0.2, 0.25) is 10.0 Å². The molecular weight excluding hydrogens is 391 g/mol. The minimum absolute atomic E-state index is 0.00314. The Kier molecular flexibility index (Phi) is 5.40. The molecular formula is C19H22Cl2N2O2S. The first-order valence-corrected chi connectivity index (χ1v) is 11.0. The van der Waals surface area contributed by atoms with Gasteiger partial charge in [-0.05, 0) is 49.3 Å². The minimum atomic E-state index is 0.00314. The van der Waals surface area contributed by atoms with Gasteiger partial charge in [0.05, 0.1) is 15.8 Å². The van der Waals surface area contributed by atoms with Gasteiger partial charge in [-0.2, -0.15) is 0 Å². The van der Waals surface area contributed by atoms with Crippen molar-refractivity contribution in [3.63, 3.8) is 0 Å². The molecule has 0 bridgehead atoms. The summed E-state index contributed by atoms with van der Waals surface area (Å²) in [5, 5.41) is 1.06. The van der Waals surface area contributed by atoms with Crippen LogP contribution >= 0.6 is 35.0 Å². The first-order valence-electron chi connectivity index (χ1n) is 9.17. The van der Waals surface area contributed by atoms with E-state index in [1.54, 1.807) is 17.8 Å². The van der Waals surface area contributed by atoms with Gasteiger partial charge in [0, 0.05) is 25.6 Å². The van der Waals surface area contributed by atoms with Crippen LogP contribution < -0.4 is 0 Å². The Morgan fingerprint density at radius 2 is 1.85 bits per heavy atom. The summed E-state index contributed by atoms with van der Waals surface area (Å²) in [7, 11) is 0. The summed E-state index contributed by atoms with van der Waals surface area (Å²) in [5.41, 5.74) is 1.02. The van der Waals surface area contributed by atoms with Gasteiger partial charge in [-0.25, -0.2) is 0 Å². The fourth-order valence-electron chi connectivity index (χ4n) is 3.80. The zero-order chi connectivity index (χ0) is 18.3. The first-order chi connectivity index (χ1) is 12.5. The number of rotatable bonds is 4. The molecule has 3 fully saturated rings. The van der Waals surface area contributed by atoms with Crippen molar-refractivity contribution >= 4 is 46.8 Å². The molecule has 2 amide bonds. The summed E-state index contributed by atoms with van der Waals surface area (Å²) in [6, 6.07) is 5.61. The molecule has 1 saturated carbocycles. The van der Waals surface area contributed by atoms with Crippen molar-refractivity contribution in [2.45, 2.75) is 31.1 Å². The normalized spacial score (nSPS) is 24.4. The van der Waals surface area contributed by atoms with Crippen LogP contribution in [-0.2, 0) is 9.59 Å². The van der Waals surface area contributed by atoms with Crippen molar-refractivity contribution < 1.29 is 9.59 Å². The number of carbonyl (C=O) groups is 2. The van der Waals surface area contributed by atoms with E-state index in [0.717, 1.165) is 50.9 Å². The predicted molar refractivity (Wildman–Crippen MR) is 105 cm³/mol. The molecule has 0 radical (unpaired) electrons. The van der Waals surface area contributed by atoms with E-state index in [0.29, 0.717) is 33.5 Å². The standard InChI is InChI=1S/C19H22Cl2N2O2S/c20-15-4-3-14(9-16(15)21)19-23(17(24)11-26-19)10-12-5-7-22(8-6-12)18(25)13-1-2-13/h3-4,9,12-13,19H,1-2,5-8,10-11H2/t19-/m1/s1. The van der Waals surface area contributed by atoms with Crippen LogP contribution in [0.25, 0.3) is 0 Å². The fraction of sp³-hybridized carbons (Fsp3) is 0.579. The van der Waals surface area contributed by atoms with Crippen molar-refractivity contribution in [1.82, 2.24) is 9.80 Å². The molecule has 140 valence electrons. The number of carbonyl (C=O) groups excluding carboxylic acids is 2. The number of halogens is 2. The Morgan fingerprint density at radius 1 is 1.12 bits per heavy atom. The Bertz CT molecular complexity index is 717. The van der Waals surface area contributed by atoms with Gasteiger partial charge in [-0.15, -0.1) is 11.8 Å². The molecule has 1 aromatic carbocycles. The number of amides is 2. The summed E-state index contributed by atoms with van der Waals surface area (Å²) in [4.78, 5) is 28.6. The highest BCUT2D eigenvalue weighted by Gasteiger charge is 2.37. The van der Waals surface area contributed by atoms with Crippen molar-refractivity contribution in [2.75, 3.05) is 25.4 Å². The van der Waals surface area contributed by atoms with Crippen molar-refractivity contribution in [3.05, 3.63) is 33.8 Å². The third kappa shape index (κ3) is 3.85. The maximum atomic E-state index is 12.4. The lowest BCUT2D eigenvalue weighted by Crippen LogP contribution is -2.42. The van der Waals surface area contributed by atoms with E-state index in [4.69, 9.17) is 23.2 Å². The third-order valence-corrected chi connectivity index (χ3v) is 7.50. The SMILES string of the molecule is O=C(C1CC1)N1CCC(CN2C(=O)CS[C@@H]2c2ccc(Cl)c(Cl)c2)CC1. The van der Waals surface area contributed by atoms with Gasteiger partial charge < -0.3 is 9.80 Å². The van der Waals surface area contributed by atoms with E-state index < -0.39 is 0 Å². The van der Waals surface area contributed by atoms with E-state index in [2.05, 4.69) is 0 Å². The molecule has 0 aromatic heterocycles. The quantitative estimate of drug-likeness (QED) is 0.742. The van der Waals surface area contributed by atoms with E-state index in [9.17, 15) is 9.59 Å². The molecule has 0 N–H and O–H groups in total. The van der Waals surface area contributed by atoms with Crippen LogP contribution in [0.3, 0.4) is 0 Å². The molecule has 4 rings (SSSR count). The average molecular weight is 413 g/mol. The summed E-state index contributed by atoms with van der Waals surface area (Å²) in [5.74, 6) is 1.77. The van der Waals surface area contributed by atoms with Gasteiger partial charge in [0.1, 0.15) is 5.37 Å². The molecule has 26 heavy (non-hydrogen) atoms. The molecule has 1 aromatic rings. The van der Waals surface area contributed by atoms with Crippen molar-refractivity contribution in [2.24, 2.45) is 11.8 Å². The fourth-order valence-corrected chi connectivity index (χ4v) is 5.29. The monoisotopic (exact) mass is 412 g/mol. The molecule has 0 spiro atoms. The smallest absolute Gasteiger partial charge is 0.233 e. The Labute approximate surface area is 168 Å². The topological polar surface area (TPSA) is 40.6 Å². The van der Waals surface area contributed by atoms with Gasteiger partial charge in [0.25, 0.3) is 0 Å². The molecule has 4 nitrogen and oxygen atoms in total. The Balaban J connectivity index is 1.39. The molecule has 0 unspecified atom stereocenters. The molecule has 3 aliphatic rings. The first kappa shape index (κ1) is 18.5. The second-order valence-corrected chi connectivity index (χ2v) is 9.31. The average Bonchev–Trinajstić information content (AvgIpc) is 3.43. The lowest BCUT2D eigenvalue weighted by Gasteiger charge is -2.35. The van der Waals surface area contributed by atoms with Gasteiger partial charge in [0.15, 0.2) is 0 Å². The predicted octanol–water partition coefficient (Wildman–Crippen LogP) is 4.22. The van der Waals surface area contributed by atoms with Gasteiger partial charge in [0.2, 0.25) is 11.8 Å². The number of hydrogen-bond acceptors (Lipinski definition) is 3. The molecule has 2 aliphatic heterocycles. The molecule has 2 saturated heterocycles. The number of hydrogen-bond donors (Lipinski definition) is 0. The van der Waals surface area contributed by atoms with E-state index in [1.807, 2.05) is 21.9 Å². The van der Waals surface area contributed by atoms with Crippen molar-refractivity contribution in [3.8, 4) is 0 Å². The Hall–Kier alpha value is -0.910.